The third-order valence-corrected chi connectivity index (χ3v) is 3.39. The molecule has 0 aliphatic rings. The van der Waals surface area contributed by atoms with Crippen LogP contribution in [0.4, 0.5) is 5.69 Å². The van der Waals surface area contributed by atoms with Gasteiger partial charge in [-0.25, -0.2) is 0 Å². The zero-order valence-electron chi connectivity index (χ0n) is 10.7. The van der Waals surface area contributed by atoms with E-state index in [1.807, 2.05) is 6.92 Å². The molecule has 1 N–H and O–H groups in total. The predicted molar refractivity (Wildman–Crippen MR) is 80.5 cm³/mol. The fourth-order valence-electron chi connectivity index (χ4n) is 1.70. The molecule has 6 heteroatoms. The number of hydrogen-bond acceptors (Lipinski definition) is 2. The average molecular weight is 311 g/mol. The molecule has 1 aromatic heterocycles. The second kappa shape index (κ2) is 6.11. The van der Waals surface area contributed by atoms with Crippen LogP contribution < -0.4 is 10.9 Å². The topological polar surface area (TPSA) is 51.1 Å². The normalized spacial score (nSPS) is 10.3. The lowest BCUT2D eigenvalue weighted by Crippen LogP contribution is -2.26. The van der Waals surface area contributed by atoms with Crippen LogP contribution in [0.5, 0.6) is 0 Å². The lowest BCUT2D eigenvalue weighted by atomic mass is 10.3. The molecular weight excluding hydrogens is 299 g/mol. The van der Waals surface area contributed by atoms with Crippen molar-refractivity contribution in [3.8, 4) is 0 Å². The quantitative estimate of drug-likeness (QED) is 0.947. The molecule has 0 aliphatic carbocycles. The molecular formula is C14H12Cl2N2O2. The van der Waals surface area contributed by atoms with Gasteiger partial charge in [-0.15, -0.1) is 0 Å². The standard InChI is InChI=1S/C14H12Cl2N2O2/c1-9-2-5-14(20)18(7-9)8-13(19)17-10-3-4-11(15)12(16)6-10/h2-7H,8H2,1H3,(H,17,19). The highest BCUT2D eigenvalue weighted by atomic mass is 35.5. The van der Waals surface area contributed by atoms with Crippen molar-refractivity contribution in [1.82, 2.24) is 4.57 Å². The summed E-state index contributed by atoms with van der Waals surface area (Å²) in [6, 6.07) is 7.93. The molecule has 20 heavy (non-hydrogen) atoms. The van der Waals surface area contributed by atoms with Gasteiger partial charge in [0.15, 0.2) is 0 Å². The van der Waals surface area contributed by atoms with Crippen LogP contribution in [0.15, 0.2) is 41.3 Å². The maximum absolute atomic E-state index is 11.9. The van der Waals surface area contributed by atoms with E-state index >= 15 is 0 Å². The van der Waals surface area contributed by atoms with Gasteiger partial charge < -0.3 is 9.88 Å². The molecule has 0 unspecified atom stereocenters. The number of nitrogens with zero attached hydrogens (tertiary/aromatic N) is 1. The van der Waals surface area contributed by atoms with Crippen LogP contribution >= 0.6 is 23.2 Å². The van der Waals surface area contributed by atoms with Crippen molar-refractivity contribution in [2.75, 3.05) is 5.32 Å². The average Bonchev–Trinajstić information content (AvgIpc) is 2.38. The second-order valence-electron chi connectivity index (χ2n) is 4.35. The number of anilines is 1. The third-order valence-electron chi connectivity index (χ3n) is 2.65. The minimum Gasteiger partial charge on any atom is -0.324 e. The molecule has 0 atom stereocenters. The highest BCUT2D eigenvalue weighted by Crippen LogP contribution is 2.24. The number of carbonyl (C=O) groups excluding carboxylic acids is 1. The van der Waals surface area contributed by atoms with E-state index in [-0.39, 0.29) is 18.0 Å². The summed E-state index contributed by atoms with van der Waals surface area (Å²) in [6.45, 7) is 1.80. The Balaban J connectivity index is 2.11. The van der Waals surface area contributed by atoms with Crippen molar-refractivity contribution >= 4 is 34.8 Å². The van der Waals surface area contributed by atoms with Crippen molar-refractivity contribution < 1.29 is 4.79 Å². The zero-order chi connectivity index (χ0) is 14.7. The van der Waals surface area contributed by atoms with Gasteiger partial charge in [-0.3, -0.25) is 9.59 Å². The van der Waals surface area contributed by atoms with Crippen molar-refractivity contribution in [2.45, 2.75) is 13.5 Å². The molecule has 0 saturated carbocycles. The number of carbonyl (C=O) groups is 1. The lowest BCUT2D eigenvalue weighted by Gasteiger charge is -2.08. The minimum absolute atomic E-state index is 0.0548. The minimum atomic E-state index is -0.309. The molecule has 0 radical (unpaired) electrons. The van der Waals surface area contributed by atoms with E-state index in [2.05, 4.69) is 5.32 Å². The highest BCUT2D eigenvalue weighted by molar-refractivity contribution is 6.42. The molecule has 4 nitrogen and oxygen atoms in total. The van der Waals surface area contributed by atoms with E-state index in [0.29, 0.717) is 15.7 Å². The number of benzene rings is 1. The molecule has 104 valence electrons. The Morgan fingerprint density at radius 3 is 2.65 bits per heavy atom. The molecule has 2 rings (SSSR count). The van der Waals surface area contributed by atoms with Gasteiger partial charge in [0.1, 0.15) is 6.54 Å². The Kier molecular flexibility index (Phi) is 4.47. The number of rotatable bonds is 3. The van der Waals surface area contributed by atoms with Crippen LogP contribution in [-0.2, 0) is 11.3 Å². The molecule has 0 spiro atoms. The highest BCUT2D eigenvalue weighted by Gasteiger charge is 2.06. The Morgan fingerprint density at radius 2 is 1.95 bits per heavy atom. The summed E-state index contributed by atoms with van der Waals surface area (Å²) >= 11 is 11.7. The molecule has 0 saturated heterocycles. The van der Waals surface area contributed by atoms with Gasteiger partial charge >= 0.3 is 0 Å². The van der Waals surface area contributed by atoms with E-state index in [9.17, 15) is 9.59 Å². The number of aromatic nitrogens is 1. The number of nitrogens with one attached hydrogen (secondary N) is 1. The van der Waals surface area contributed by atoms with Crippen molar-refractivity contribution in [2.24, 2.45) is 0 Å². The largest absolute Gasteiger partial charge is 0.324 e. The lowest BCUT2D eigenvalue weighted by molar-refractivity contribution is -0.116. The summed E-state index contributed by atoms with van der Waals surface area (Å²) in [5, 5.41) is 3.44. The summed E-state index contributed by atoms with van der Waals surface area (Å²) in [5.74, 6) is -0.309. The molecule has 1 heterocycles. The van der Waals surface area contributed by atoms with Crippen LogP contribution in [0.25, 0.3) is 0 Å². The number of aryl methyl sites for hydroxylation is 1. The molecule has 0 bridgehead atoms. The first kappa shape index (κ1) is 14.6. The number of amides is 1. The number of hydrogen-bond donors (Lipinski definition) is 1. The predicted octanol–water partition coefficient (Wildman–Crippen LogP) is 3.10. The Labute approximate surface area is 125 Å². The van der Waals surface area contributed by atoms with E-state index in [1.54, 1.807) is 30.5 Å². The Hall–Kier alpha value is -1.78. The summed E-state index contributed by atoms with van der Waals surface area (Å²) in [6.07, 6.45) is 1.64. The first-order valence-electron chi connectivity index (χ1n) is 5.88. The van der Waals surface area contributed by atoms with E-state index in [0.717, 1.165) is 5.56 Å². The van der Waals surface area contributed by atoms with Gasteiger partial charge in [0, 0.05) is 18.0 Å². The van der Waals surface area contributed by atoms with Crippen molar-refractivity contribution in [3.63, 3.8) is 0 Å². The fraction of sp³-hybridized carbons (Fsp3) is 0.143. The Bertz CT molecular complexity index is 711. The summed E-state index contributed by atoms with van der Waals surface area (Å²) in [4.78, 5) is 23.5. The van der Waals surface area contributed by atoms with E-state index in [4.69, 9.17) is 23.2 Å². The van der Waals surface area contributed by atoms with E-state index < -0.39 is 0 Å². The van der Waals surface area contributed by atoms with Gasteiger partial charge in [0.05, 0.1) is 10.0 Å². The first-order chi connectivity index (χ1) is 9.45. The molecule has 0 aliphatic heterocycles. The molecule has 1 amide bonds. The molecule has 0 fully saturated rings. The van der Waals surface area contributed by atoms with Gasteiger partial charge in [-0.05, 0) is 30.7 Å². The zero-order valence-corrected chi connectivity index (χ0v) is 12.2. The van der Waals surface area contributed by atoms with Crippen molar-refractivity contribution in [1.29, 1.82) is 0 Å². The number of halogens is 2. The maximum Gasteiger partial charge on any atom is 0.251 e. The van der Waals surface area contributed by atoms with Gasteiger partial charge in [0.2, 0.25) is 5.91 Å². The van der Waals surface area contributed by atoms with Crippen LogP contribution in [0.1, 0.15) is 5.56 Å². The molecule has 2 aromatic rings. The van der Waals surface area contributed by atoms with Crippen LogP contribution in [0.3, 0.4) is 0 Å². The van der Waals surface area contributed by atoms with Gasteiger partial charge in [-0.1, -0.05) is 29.3 Å². The fourth-order valence-corrected chi connectivity index (χ4v) is 2.00. The SMILES string of the molecule is Cc1ccc(=O)n(CC(=O)Nc2ccc(Cl)c(Cl)c2)c1. The van der Waals surface area contributed by atoms with Crippen LogP contribution in [-0.4, -0.2) is 10.5 Å². The third kappa shape index (κ3) is 3.62. The summed E-state index contributed by atoms with van der Waals surface area (Å²) in [5.41, 5.74) is 1.22. The van der Waals surface area contributed by atoms with E-state index in [1.165, 1.54) is 10.6 Å². The summed E-state index contributed by atoms with van der Waals surface area (Å²) < 4.78 is 1.35. The Morgan fingerprint density at radius 1 is 1.20 bits per heavy atom. The first-order valence-corrected chi connectivity index (χ1v) is 6.63. The van der Waals surface area contributed by atoms with Crippen LogP contribution in [0.2, 0.25) is 10.0 Å². The molecule has 1 aromatic carbocycles. The van der Waals surface area contributed by atoms with Gasteiger partial charge in [0.25, 0.3) is 5.56 Å². The number of pyridine rings is 1. The van der Waals surface area contributed by atoms with Gasteiger partial charge in [-0.2, -0.15) is 0 Å². The smallest absolute Gasteiger partial charge is 0.251 e. The summed E-state index contributed by atoms with van der Waals surface area (Å²) in [7, 11) is 0. The van der Waals surface area contributed by atoms with Crippen molar-refractivity contribution in [3.05, 3.63) is 62.5 Å². The van der Waals surface area contributed by atoms with Crippen LogP contribution in [0, 0.1) is 6.92 Å². The monoisotopic (exact) mass is 310 g/mol. The maximum atomic E-state index is 11.9. The second-order valence-corrected chi connectivity index (χ2v) is 5.16.